The number of phenols is 3. The third-order valence-electron chi connectivity index (χ3n) is 8.03. The normalized spacial score (nSPS) is 17.2. The highest BCUT2D eigenvalue weighted by Gasteiger charge is 2.42. The van der Waals surface area contributed by atoms with Crippen LogP contribution < -0.4 is 4.74 Å². The van der Waals surface area contributed by atoms with Crippen LogP contribution >= 0.6 is 0 Å². The van der Waals surface area contributed by atoms with E-state index < -0.39 is 80.9 Å². The summed E-state index contributed by atoms with van der Waals surface area (Å²) in [4.78, 5) is 65.0. The van der Waals surface area contributed by atoms with Crippen LogP contribution in [-0.4, -0.2) is 65.2 Å². The number of hydrogen-bond donors (Lipinski definition) is 7. The summed E-state index contributed by atoms with van der Waals surface area (Å²) in [5.74, 6) is -11.7. The number of hydrogen-bond acceptors (Lipinski definition) is 13. The standard InChI is InChI=1S/C35H18O15/c36-15-5-1-12(2-6-15)22(31(41)42)29-26(39)21(34(46)49-29)14-9-17-18(11-20(38)28-24(17)19(10-14)33(45)48-28)25-27(40)30(50-35(25)47)23(32(43)44)13-3-7-16(37)8-4-13/h1-11,36-38,46-47H,(H,41,42)(H,43,44)/b29-22+,30-23+. The lowest BCUT2D eigenvalue weighted by molar-refractivity contribution is -0.131. The lowest BCUT2D eigenvalue weighted by Gasteiger charge is -2.11. The van der Waals surface area contributed by atoms with Gasteiger partial charge >= 0.3 is 17.9 Å². The van der Waals surface area contributed by atoms with E-state index in [0.29, 0.717) is 0 Å². The van der Waals surface area contributed by atoms with Crippen molar-refractivity contribution < 1.29 is 73.9 Å². The molecule has 7 rings (SSSR count). The summed E-state index contributed by atoms with van der Waals surface area (Å²) >= 11 is 0. The number of aliphatic carboxylic acids is 2. The molecule has 3 heterocycles. The van der Waals surface area contributed by atoms with Crippen molar-refractivity contribution in [3.63, 3.8) is 0 Å². The molecule has 0 radical (unpaired) electrons. The Morgan fingerprint density at radius 1 is 0.560 bits per heavy atom. The van der Waals surface area contributed by atoms with Gasteiger partial charge in [0.1, 0.15) is 33.8 Å². The molecule has 15 nitrogen and oxygen atoms in total. The van der Waals surface area contributed by atoms with Crippen molar-refractivity contribution in [1.82, 2.24) is 0 Å². The average molecular weight is 679 g/mol. The van der Waals surface area contributed by atoms with Crippen molar-refractivity contribution >= 4 is 62.5 Å². The summed E-state index contributed by atoms with van der Waals surface area (Å²) < 4.78 is 15.7. The number of phenolic OH excluding ortho intramolecular Hbond substituents is 3. The first kappa shape index (κ1) is 31.1. The van der Waals surface area contributed by atoms with Crippen molar-refractivity contribution in [3.05, 3.63) is 118 Å². The zero-order chi connectivity index (χ0) is 35.8. The minimum Gasteiger partial charge on any atom is -0.508 e. The maximum Gasteiger partial charge on any atom is 0.344 e. The molecule has 15 heteroatoms. The van der Waals surface area contributed by atoms with E-state index in [4.69, 9.17) is 14.2 Å². The number of aliphatic hydroxyl groups is 2. The van der Waals surface area contributed by atoms with Crippen LogP contribution in [0.25, 0.3) is 33.1 Å². The Bertz CT molecular complexity index is 2420. The van der Waals surface area contributed by atoms with Crippen molar-refractivity contribution in [2.45, 2.75) is 0 Å². The van der Waals surface area contributed by atoms with Gasteiger partial charge in [0.25, 0.3) is 11.9 Å². The van der Waals surface area contributed by atoms with Crippen LogP contribution in [0.5, 0.6) is 23.0 Å². The number of ether oxygens (including phenoxy) is 3. The predicted molar refractivity (Wildman–Crippen MR) is 167 cm³/mol. The molecule has 0 spiro atoms. The number of carbonyl (C=O) groups is 5. The molecule has 0 unspecified atom stereocenters. The van der Waals surface area contributed by atoms with E-state index in [0.717, 1.165) is 24.3 Å². The first-order chi connectivity index (χ1) is 23.8. The van der Waals surface area contributed by atoms with Gasteiger partial charge in [-0.05, 0) is 64.5 Å². The van der Waals surface area contributed by atoms with E-state index in [1.165, 1.54) is 42.5 Å². The van der Waals surface area contributed by atoms with E-state index in [1.807, 2.05) is 0 Å². The number of carboxylic acid groups (broad SMARTS) is 2. The van der Waals surface area contributed by atoms with Crippen molar-refractivity contribution in [3.8, 4) is 23.0 Å². The number of allylic oxidation sites excluding steroid dienone is 2. The lowest BCUT2D eigenvalue weighted by Crippen LogP contribution is -2.10. The Morgan fingerprint density at radius 2 is 1.04 bits per heavy atom. The minimum atomic E-state index is -1.63. The van der Waals surface area contributed by atoms with Crippen molar-refractivity contribution in [2.24, 2.45) is 0 Å². The number of carbonyl (C=O) groups excluding carboxylic acids is 3. The van der Waals surface area contributed by atoms with Gasteiger partial charge in [0, 0.05) is 10.9 Å². The van der Waals surface area contributed by atoms with Gasteiger partial charge in [0.15, 0.2) is 23.0 Å². The Hall–Kier alpha value is -7.55. The molecule has 0 atom stereocenters. The summed E-state index contributed by atoms with van der Waals surface area (Å²) in [6.45, 7) is 0. The van der Waals surface area contributed by atoms with E-state index in [9.17, 15) is 59.7 Å². The van der Waals surface area contributed by atoms with Crippen LogP contribution in [0.2, 0.25) is 0 Å². The van der Waals surface area contributed by atoms with E-state index >= 15 is 0 Å². The molecule has 0 bridgehead atoms. The van der Waals surface area contributed by atoms with Gasteiger partial charge in [-0.2, -0.15) is 0 Å². The number of aromatic hydroxyl groups is 3. The van der Waals surface area contributed by atoms with Crippen LogP contribution in [0.15, 0.2) is 90.1 Å². The van der Waals surface area contributed by atoms with Gasteiger partial charge in [0.05, 0.1) is 5.56 Å². The topological polar surface area (TPSA) is 255 Å². The number of ketones is 2. The Morgan fingerprint density at radius 3 is 1.54 bits per heavy atom. The Kier molecular flexibility index (Phi) is 6.85. The molecule has 0 saturated carbocycles. The van der Waals surface area contributed by atoms with Crippen LogP contribution in [-0.2, 0) is 28.7 Å². The highest BCUT2D eigenvalue weighted by molar-refractivity contribution is 6.39. The summed E-state index contributed by atoms with van der Waals surface area (Å²) in [7, 11) is 0. The molecule has 0 fully saturated rings. The van der Waals surface area contributed by atoms with E-state index in [-0.39, 0.29) is 55.8 Å². The fourth-order valence-electron chi connectivity index (χ4n) is 5.86. The van der Waals surface area contributed by atoms with Gasteiger partial charge < -0.3 is 50.0 Å². The molecule has 0 saturated heterocycles. The van der Waals surface area contributed by atoms with Gasteiger partial charge in [-0.25, -0.2) is 14.4 Å². The first-order valence-electron chi connectivity index (χ1n) is 14.2. The Labute approximate surface area is 277 Å². The molecule has 0 amide bonds. The second-order valence-electron chi connectivity index (χ2n) is 10.9. The smallest absolute Gasteiger partial charge is 0.344 e. The third kappa shape index (κ3) is 4.64. The molecule has 4 aromatic carbocycles. The maximum absolute atomic E-state index is 13.8. The molecule has 50 heavy (non-hydrogen) atoms. The fourth-order valence-corrected chi connectivity index (χ4v) is 5.86. The van der Waals surface area contributed by atoms with Crippen LogP contribution in [0.3, 0.4) is 0 Å². The highest BCUT2D eigenvalue weighted by atomic mass is 16.6. The second kappa shape index (κ2) is 11.0. The monoisotopic (exact) mass is 678 g/mol. The largest absolute Gasteiger partial charge is 0.508 e. The first-order valence-corrected chi connectivity index (χ1v) is 14.2. The molecule has 7 N–H and O–H groups in total. The molecule has 3 aliphatic rings. The average Bonchev–Trinajstić information content (AvgIpc) is 3.66. The maximum atomic E-state index is 13.8. The zero-order valence-corrected chi connectivity index (χ0v) is 24.7. The molecule has 0 aromatic heterocycles. The summed E-state index contributed by atoms with van der Waals surface area (Å²) in [6.07, 6.45) is 0. The quantitative estimate of drug-likeness (QED) is 0.0859. The van der Waals surface area contributed by atoms with E-state index in [1.54, 1.807) is 0 Å². The fraction of sp³-hybridized carbons (Fsp3) is 0. The minimum absolute atomic E-state index is 0.0603. The summed E-state index contributed by atoms with van der Waals surface area (Å²) in [5.41, 5.74) is -3.57. The van der Waals surface area contributed by atoms with Crippen LogP contribution in [0.4, 0.5) is 0 Å². The van der Waals surface area contributed by atoms with Crippen LogP contribution in [0, 0.1) is 0 Å². The number of rotatable bonds is 6. The molecule has 0 aliphatic carbocycles. The van der Waals surface area contributed by atoms with Crippen molar-refractivity contribution in [2.75, 3.05) is 0 Å². The summed E-state index contributed by atoms with van der Waals surface area (Å²) in [5, 5.41) is 71.4. The van der Waals surface area contributed by atoms with Gasteiger partial charge in [-0.1, -0.05) is 24.3 Å². The summed E-state index contributed by atoms with van der Waals surface area (Å²) in [6, 6.07) is 12.6. The molecule has 248 valence electrons. The third-order valence-corrected chi connectivity index (χ3v) is 8.03. The number of Topliss-reactive ketones (excluding diaryl/α,β-unsaturated/α-hetero) is 2. The molecular formula is C35H18O15. The number of esters is 1. The van der Waals surface area contributed by atoms with Crippen molar-refractivity contribution in [1.29, 1.82) is 0 Å². The van der Waals surface area contributed by atoms with E-state index in [2.05, 4.69) is 0 Å². The van der Waals surface area contributed by atoms with Gasteiger partial charge in [-0.15, -0.1) is 0 Å². The molecular weight excluding hydrogens is 660 g/mol. The number of aliphatic hydroxyl groups excluding tert-OH is 2. The SMILES string of the molecule is O=C1C(c2cc3c4c(c(O)cc(C5=C(O)O/C(=C(/C(=O)O)c6ccc(O)cc6)C5=O)c4c2)OC3=O)=C(O)O/C1=C(/C(=O)O)c1ccc(O)cc1. The number of carboxylic acids is 2. The lowest BCUT2D eigenvalue weighted by atomic mass is 9.89. The van der Waals surface area contributed by atoms with Gasteiger partial charge in [0.2, 0.25) is 11.6 Å². The number of benzene rings is 4. The highest BCUT2D eigenvalue weighted by Crippen LogP contribution is 2.49. The second-order valence-corrected chi connectivity index (χ2v) is 10.9. The van der Waals surface area contributed by atoms with Crippen LogP contribution in [0.1, 0.15) is 32.6 Å². The van der Waals surface area contributed by atoms with Gasteiger partial charge in [-0.3, -0.25) is 9.59 Å². The molecule has 4 aromatic rings. The Balaban J connectivity index is 1.41. The zero-order valence-electron chi connectivity index (χ0n) is 24.7. The molecule has 3 aliphatic heterocycles. The predicted octanol–water partition coefficient (Wildman–Crippen LogP) is 4.13.